The van der Waals surface area contributed by atoms with Crippen LogP contribution in [0.15, 0.2) is 39.1 Å². The minimum Gasteiger partial charge on any atom is -0.393 e. The number of hydrogen-bond acceptors (Lipinski definition) is 6. The maximum absolute atomic E-state index is 11.6. The zero-order valence-corrected chi connectivity index (χ0v) is 12.1. The fourth-order valence-electron chi connectivity index (χ4n) is 1.79. The number of aryl methyl sites for hydroxylation is 1. The van der Waals surface area contributed by atoms with Crippen LogP contribution in [-0.4, -0.2) is 14.9 Å². The van der Waals surface area contributed by atoms with Gasteiger partial charge >= 0.3 is 0 Å². The molecule has 0 amide bonds. The molecule has 0 bridgehead atoms. The van der Waals surface area contributed by atoms with E-state index in [1.807, 2.05) is 6.92 Å². The Bertz CT molecular complexity index is 730. The van der Waals surface area contributed by atoms with Crippen molar-refractivity contribution in [3.8, 4) is 0 Å². The highest BCUT2D eigenvalue weighted by Gasteiger charge is 2.12. The topological polar surface area (TPSA) is 115 Å². The molecule has 2 rings (SSSR count). The lowest BCUT2D eigenvalue weighted by Crippen LogP contribution is -2.09. The van der Waals surface area contributed by atoms with Crippen LogP contribution < -0.4 is 11.3 Å². The van der Waals surface area contributed by atoms with Gasteiger partial charge in [-0.15, -0.1) is 0 Å². The minimum absolute atomic E-state index is 0.0806. The van der Waals surface area contributed by atoms with Crippen LogP contribution in [-0.2, 0) is 6.42 Å². The first-order chi connectivity index (χ1) is 9.99. The molecule has 21 heavy (non-hydrogen) atoms. The molecule has 2 aromatic rings. The Labute approximate surface area is 124 Å². The summed E-state index contributed by atoms with van der Waals surface area (Å²) in [6, 6.07) is 5.88. The van der Waals surface area contributed by atoms with Crippen molar-refractivity contribution in [1.29, 1.82) is 0 Å². The van der Waals surface area contributed by atoms with Crippen LogP contribution in [0.1, 0.15) is 19.0 Å². The number of benzene rings is 1. The van der Waals surface area contributed by atoms with Gasteiger partial charge in [0.1, 0.15) is 5.69 Å². The quantitative estimate of drug-likeness (QED) is 0.379. The summed E-state index contributed by atoms with van der Waals surface area (Å²) in [6.45, 7) is 2.01. The molecular formula is C13H14N4O3S. The molecule has 0 radical (unpaired) electrons. The van der Waals surface area contributed by atoms with Gasteiger partial charge in [-0.1, -0.05) is 25.1 Å². The number of nitro groups is 1. The van der Waals surface area contributed by atoms with Gasteiger partial charge in [-0.2, -0.15) is 0 Å². The molecule has 0 saturated carbocycles. The third-order valence-corrected chi connectivity index (χ3v) is 3.57. The molecular weight excluding hydrogens is 292 g/mol. The molecule has 0 spiro atoms. The van der Waals surface area contributed by atoms with Crippen molar-refractivity contribution in [1.82, 2.24) is 9.97 Å². The van der Waals surface area contributed by atoms with Gasteiger partial charge < -0.3 is 10.7 Å². The molecule has 0 aliphatic carbocycles. The molecule has 1 aromatic heterocycles. The van der Waals surface area contributed by atoms with Crippen molar-refractivity contribution in [3.05, 3.63) is 50.4 Å². The number of rotatable bonds is 5. The summed E-state index contributed by atoms with van der Waals surface area (Å²) in [7, 11) is 0. The molecule has 1 heterocycles. The van der Waals surface area contributed by atoms with Gasteiger partial charge in [0, 0.05) is 22.7 Å². The van der Waals surface area contributed by atoms with Gasteiger partial charge in [0.25, 0.3) is 11.2 Å². The molecule has 0 aliphatic heterocycles. The number of hydrogen-bond donors (Lipinski definition) is 2. The molecule has 0 aliphatic rings. The molecule has 0 unspecified atom stereocenters. The fraction of sp³-hybridized carbons (Fsp3) is 0.231. The first-order valence-electron chi connectivity index (χ1n) is 6.31. The van der Waals surface area contributed by atoms with Crippen LogP contribution in [0.3, 0.4) is 0 Å². The van der Waals surface area contributed by atoms with E-state index in [-0.39, 0.29) is 16.9 Å². The van der Waals surface area contributed by atoms with Crippen molar-refractivity contribution in [2.75, 3.05) is 5.73 Å². The van der Waals surface area contributed by atoms with E-state index in [1.54, 1.807) is 6.07 Å². The lowest BCUT2D eigenvalue weighted by molar-refractivity contribution is -0.383. The van der Waals surface area contributed by atoms with E-state index in [2.05, 4.69) is 9.97 Å². The third-order valence-electron chi connectivity index (χ3n) is 2.69. The Kier molecular flexibility index (Phi) is 4.59. The number of anilines is 1. The summed E-state index contributed by atoms with van der Waals surface area (Å²) in [5.41, 5.74) is 6.08. The molecule has 1 aromatic carbocycles. The maximum atomic E-state index is 11.6. The largest absolute Gasteiger partial charge is 0.393 e. The van der Waals surface area contributed by atoms with Crippen LogP contribution >= 0.6 is 11.8 Å². The Hall–Kier alpha value is -2.35. The molecule has 0 fully saturated rings. The lowest BCUT2D eigenvalue weighted by Gasteiger charge is -2.04. The highest BCUT2D eigenvalue weighted by Crippen LogP contribution is 2.30. The summed E-state index contributed by atoms with van der Waals surface area (Å²) in [5.74, 6) is 0. The molecule has 7 nitrogen and oxygen atoms in total. The van der Waals surface area contributed by atoms with E-state index in [1.165, 1.54) is 30.0 Å². The summed E-state index contributed by atoms with van der Waals surface area (Å²) in [5, 5.41) is 11.2. The van der Waals surface area contributed by atoms with Gasteiger partial charge in [-0.3, -0.25) is 14.9 Å². The Balaban J connectivity index is 2.28. The van der Waals surface area contributed by atoms with E-state index < -0.39 is 4.92 Å². The number of aromatic amines is 1. The van der Waals surface area contributed by atoms with Crippen molar-refractivity contribution in [3.63, 3.8) is 0 Å². The molecule has 8 heteroatoms. The monoisotopic (exact) mass is 306 g/mol. The molecule has 3 N–H and O–H groups in total. The number of aromatic nitrogens is 2. The summed E-state index contributed by atoms with van der Waals surface area (Å²) in [6.07, 6.45) is 1.62. The van der Waals surface area contributed by atoms with Gasteiger partial charge in [-0.25, -0.2) is 4.98 Å². The van der Waals surface area contributed by atoms with E-state index in [0.29, 0.717) is 10.1 Å². The predicted octanol–water partition coefficient (Wildman–Crippen LogP) is 2.36. The minimum atomic E-state index is -0.536. The van der Waals surface area contributed by atoms with E-state index >= 15 is 0 Å². The van der Waals surface area contributed by atoms with Crippen LogP contribution in [0, 0.1) is 10.1 Å². The highest BCUT2D eigenvalue weighted by molar-refractivity contribution is 7.99. The average molecular weight is 306 g/mol. The second kappa shape index (κ2) is 6.40. The number of H-pyrrole nitrogens is 1. The van der Waals surface area contributed by atoms with Gasteiger partial charge in [0.15, 0.2) is 5.16 Å². The fourth-order valence-corrected chi connectivity index (χ4v) is 2.65. The summed E-state index contributed by atoms with van der Waals surface area (Å²) in [4.78, 5) is 29.4. The van der Waals surface area contributed by atoms with Crippen LogP contribution in [0.25, 0.3) is 0 Å². The zero-order chi connectivity index (χ0) is 15.4. The van der Waals surface area contributed by atoms with E-state index in [9.17, 15) is 14.9 Å². The van der Waals surface area contributed by atoms with E-state index in [0.717, 1.165) is 18.5 Å². The third kappa shape index (κ3) is 3.82. The number of nitrogens with two attached hydrogens (primary N) is 1. The number of nitrogen functional groups attached to an aromatic ring is 1. The Morgan fingerprint density at radius 3 is 2.81 bits per heavy atom. The molecule has 110 valence electrons. The van der Waals surface area contributed by atoms with Crippen molar-refractivity contribution < 1.29 is 4.92 Å². The summed E-state index contributed by atoms with van der Waals surface area (Å²) >= 11 is 1.21. The lowest BCUT2D eigenvalue weighted by atomic mass is 10.2. The first kappa shape index (κ1) is 15.0. The van der Waals surface area contributed by atoms with Crippen molar-refractivity contribution in [2.24, 2.45) is 0 Å². The SMILES string of the molecule is CCCc1cc(=O)[nH]c(Sc2ccc([N+](=O)[O-])c(N)c2)n1. The smallest absolute Gasteiger partial charge is 0.292 e. The van der Waals surface area contributed by atoms with Crippen LogP contribution in [0.5, 0.6) is 0 Å². The first-order valence-corrected chi connectivity index (χ1v) is 7.13. The van der Waals surface area contributed by atoms with Gasteiger partial charge in [-0.05, 0) is 18.6 Å². The van der Waals surface area contributed by atoms with E-state index in [4.69, 9.17) is 5.73 Å². The maximum Gasteiger partial charge on any atom is 0.292 e. The predicted molar refractivity (Wildman–Crippen MR) is 80.5 cm³/mol. The van der Waals surface area contributed by atoms with Gasteiger partial charge in [0.05, 0.1) is 4.92 Å². The zero-order valence-electron chi connectivity index (χ0n) is 11.3. The standard InChI is InChI=1S/C13H14N4O3S/c1-2-3-8-6-12(18)16-13(15-8)21-9-4-5-11(17(19)20)10(14)7-9/h4-7H,2-3,14H2,1H3,(H,15,16,18). The van der Waals surface area contributed by atoms with Gasteiger partial charge in [0.2, 0.25) is 0 Å². The van der Waals surface area contributed by atoms with Crippen molar-refractivity contribution >= 4 is 23.1 Å². The number of nitro benzene ring substituents is 1. The Morgan fingerprint density at radius 2 is 2.19 bits per heavy atom. The number of nitrogens with zero attached hydrogens (tertiary/aromatic N) is 2. The summed E-state index contributed by atoms with van der Waals surface area (Å²) < 4.78 is 0. The average Bonchev–Trinajstić information content (AvgIpc) is 2.37. The van der Waals surface area contributed by atoms with Crippen molar-refractivity contribution in [2.45, 2.75) is 29.8 Å². The van der Waals surface area contributed by atoms with Crippen LogP contribution in [0.2, 0.25) is 0 Å². The second-order valence-electron chi connectivity index (χ2n) is 4.37. The van der Waals surface area contributed by atoms with Crippen LogP contribution in [0.4, 0.5) is 11.4 Å². The second-order valence-corrected chi connectivity index (χ2v) is 5.43. The molecule has 0 saturated heterocycles. The highest BCUT2D eigenvalue weighted by atomic mass is 32.2. The Morgan fingerprint density at radius 1 is 1.43 bits per heavy atom. The normalized spacial score (nSPS) is 10.5. The molecule has 0 atom stereocenters. The number of nitrogens with one attached hydrogen (secondary N) is 1.